The highest BCUT2D eigenvalue weighted by atomic mass is 19.1. The van der Waals surface area contributed by atoms with Crippen LogP contribution in [0, 0.1) is 17.1 Å². The molecule has 0 saturated carbocycles. The Morgan fingerprint density at radius 1 is 1.05 bits per heavy atom. The van der Waals surface area contributed by atoms with Crippen LogP contribution in [-0.4, -0.2) is 70.3 Å². The van der Waals surface area contributed by atoms with Crippen LogP contribution in [-0.2, 0) is 6.42 Å². The zero-order valence-corrected chi connectivity index (χ0v) is 23.1. The molecule has 2 N–H and O–H groups in total. The Hall–Kier alpha value is -3.74. The molecule has 4 aliphatic rings. The van der Waals surface area contributed by atoms with Crippen molar-refractivity contribution in [3.63, 3.8) is 0 Å². The lowest BCUT2D eigenvalue weighted by molar-refractivity contribution is 0.108. The second-order valence-corrected chi connectivity index (χ2v) is 12.3. The second-order valence-electron chi connectivity index (χ2n) is 12.3. The zero-order valence-electron chi connectivity index (χ0n) is 23.1. The Balaban J connectivity index is 1.24. The summed E-state index contributed by atoms with van der Waals surface area (Å²) in [7, 11) is 0. The van der Waals surface area contributed by atoms with Crippen LogP contribution in [0.15, 0.2) is 36.5 Å². The molecule has 6 heterocycles. The van der Waals surface area contributed by atoms with Crippen molar-refractivity contribution in [3.05, 3.63) is 47.9 Å². The van der Waals surface area contributed by atoms with E-state index in [9.17, 15) is 5.26 Å². The highest BCUT2D eigenvalue weighted by Gasteiger charge is 2.45. The Kier molecular flexibility index (Phi) is 5.90. The number of halogens is 1. The lowest BCUT2D eigenvalue weighted by atomic mass is 9.95. The minimum atomic E-state index is -0.386. The fraction of sp³-hybridized carbons (Fsp3) is 0.469. The number of nitrogens with one attached hydrogen (secondary N) is 2. The number of H-pyrrole nitrogens is 1. The molecular weight excluding hydrogens is 517 g/mol. The van der Waals surface area contributed by atoms with Gasteiger partial charge in [-0.2, -0.15) is 15.2 Å². The SMILES string of the molecule is N#CCc1cccc2[nH]cc(-c3ccc4c(N5C[C@H]6CC[C@@H](C5)N6)nc(OCC56CCCN5CCC6)nc4c3F)c12. The number of nitrogens with zero attached hydrogens (tertiary/aromatic N) is 5. The molecule has 2 atom stereocenters. The Morgan fingerprint density at radius 3 is 2.63 bits per heavy atom. The van der Waals surface area contributed by atoms with Crippen LogP contribution in [0.25, 0.3) is 32.9 Å². The molecule has 2 bridgehead atoms. The molecule has 2 aromatic carbocycles. The molecule has 4 saturated heterocycles. The fourth-order valence-electron chi connectivity index (χ4n) is 7.97. The first-order chi connectivity index (χ1) is 20.1. The zero-order chi connectivity index (χ0) is 27.6. The minimum absolute atomic E-state index is 0.0498. The van der Waals surface area contributed by atoms with E-state index in [0.29, 0.717) is 29.6 Å². The van der Waals surface area contributed by atoms with Gasteiger partial charge < -0.3 is 19.9 Å². The van der Waals surface area contributed by atoms with E-state index in [1.54, 1.807) is 0 Å². The molecule has 4 aliphatic heterocycles. The van der Waals surface area contributed by atoms with E-state index in [2.05, 4.69) is 26.2 Å². The molecule has 2 aromatic heterocycles. The number of hydrogen-bond acceptors (Lipinski definition) is 7. The molecule has 0 radical (unpaired) electrons. The van der Waals surface area contributed by atoms with Gasteiger partial charge in [-0.3, -0.25) is 4.90 Å². The van der Waals surface area contributed by atoms with Gasteiger partial charge in [-0.05, 0) is 69.3 Å². The molecule has 0 spiro atoms. The van der Waals surface area contributed by atoms with Gasteiger partial charge in [0.05, 0.1) is 18.0 Å². The number of anilines is 1. The molecule has 0 amide bonds. The first-order valence-corrected chi connectivity index (χ1v) is 15.0. The van der Waals surface area contributed by atoms with E-state index in [0.717, 1.165) is 79.7 Å². The van der Waals surface area contributed by atoms with Crippen molar-refractivity contribution in [2.24, 2.45) is 0 Å². The summed E-state index contributed by atoms with van der Waals surface area (Å²) in [6.45, 7) is 4.44. The number of fused-ring (bicyclic) bond motifs is 5. The Bertz CT molecular complexity index is 1670. The maximum absolute atomic E-state index is 16.7. The monoisotopic (exact) mass is 551 g/mol. The highest BCUT2D eigenvalue weighted by molar-refractivity contribution is 6.01. The smallest absolute Gasteiger partial charge is 0.319 e. The number of nitriles is 1. The van der Waals surface area contributed by atoms with E-state index >= 15 is 4.39 Å². The van der Waals surface area contributed by atoms with Crippen LogP contribution in [0.4, 0.5) is 10.2 Å². The summed E-state index contributed by atoms with van der Waals surface area (Å²) in [6.07, 6.45) is 9.01. The van der Waals surface area contributed by atoms with Gasteiger partial charge in [-0.1, -0.05) is 18.2 Å². The van der Waals surface area contributed by atoms with E-state index in [4.69, 9.17) is 14.7 Å². The maximum Gasteiger partial charge on any atom is 0.319 e. The third-order valence-corrected chi connectivity index (χ3v) is 9.92. The van der Waals surface area contributed by atoms with Gasteiger partial charge in [0.25, 0.3) is 0 Å². The summed E-state index contributed by atoms with van der Waals surface area (Å²) >= 11 is 0. The number of piperazine rings is 1. The molecule has 4 fully saturated rings. The number of ether oxygens (including phenoxy) is 1. The lowest BCUT2D eigenvalue weighted by Gasteiger charge is -2.34. The molecule has 210 valence electrons. The summed E-state index contributed by atoms with van der Waals surface area (Å²) in [6, 6.07) is 12.9. The topological polar surface area (TPSA) is 93.1 Å². The van der Waals surface area contributed by atoms with E-state index < -0.39 is 0 Å². The first-order valence-electron chi connectivity index (χ1n) is 15.0. The standard InChI is InChI=1S/C32H34FN7O/c33-28-23(25-16-35-26-5-1-4-20(10-13-34)27(25)26)8-9-24-29(28)37-31(41-19-32-11-2-14-40(32)15-3-12-32)38-30(24)39-17-21-6-7-22(18-39)36-21/h1,4-5,8-9,16,21-22,35-36H,2-3,6-7,10-12,14-15,17-19H2/t21-,22+. The van der Waals surface area contributed by atoms with Gasteiger partial charge in [-0.25, -0.2) is 4.39 Å². The van der Waals surface area contributed by atoms with Gasteiger partial charge in [0.2, 0.25) is 0 Å². The summed E-state index contributed by atoms with van der Waals surface area (Å²) in [4.78, 5) is 17.8. The first kappa shape index (κ1) is 25.0. The summed E-state index contributed by atoms with van der Waals surface area (Å²) in [5, 5.41) is 14.7. The predicted molar refractivity (Wildman–Crippen MR) is 157 cm³/mol. The lowest BCUT2D eigenvalue weighted by Crippen LogP contribution is -2.51. The largest absolute Gasteiger partial charge is 0.461 e. The molecule has 0 unspecified atom stereocenters. The molecule has 4 aromatic rings. The van der Waals surface area contributed by atoms with Crippen LogP contribution in [0.5, 0.6) is 6.01 Å². The quantitative estimate of drug-likeness (QED) is 0.351. The van der Waals surface area contributed by atoms with Gasteiger partial charge >= 0.3 is 6.01 Å². The van der Waals surface area contributed by atoms with Gasteiger partial charge in [0.1, 0.15) is 17.9 Å². The minimum Gasteiger partial charge on any atom is -0.461 e. The summed E-state index contributed by atoms with van der Waals surface area (Å²) in [5.41, 5.74) is 3.29. The van der Waals surface area contributed by atoms with Crippen LogP contribution < -0.4 is 15.0 Å². The molecule has 41 heavy (non-hydrogen) atoms. The van der Waals surface area contributed by atoms with E-state index in [1.165, 1.54) is 12.8 Å². The molecule has 8 nitrogen and oxygen atoms in total. The van der Waals surface area contributed by atoms with Crippen molar-refractivity contribution in [3.8, 4) is 23.2 Å². The Morgan fingerprint density at radius 2 is 1.85 bits per heavy atom. The van der Waals surface area contributed by atoms with Crippen molar-refractivity contribution in [1.82, 2.24) is 25.2 Å². The maximum atomic E-state index is 16.7. The van der Waals surface area contributed by atoms with Crippen molar-refractivity contribution in [1.29, 1.82) is 5.26 Å². The number of aromatic amines is 1. The highest BCUT2D eigenvalue weighted by Crippen LogP contribution is 2.41. The van der Waals surface area contributed by atoms with Crippen molar-refractivity contribution < 1.29 is 9.13 Å². The van der Waals surface area contributed by atoms with Crippen molar-refractivity contribution in [2.75, 3.05) is 37.7 Å². The van der Waals surface area contributed by atoms with Gasteiger partial charge in [0.15, 0.2) is 5.82 Å². The predicted octanol–water partition coefficient (Wildman–Crippen LogP) is 4.93. The Labute approximate surface area is 238 Å². The van der Waals surface area contributed by atoms with Crippen molar-refractivity contribution >= 4 is 27.6 Å². The molecule has 8 rings (SSSR count). The number of aromatic nitrogens is 3. The number of hydrogen-bond donors (Lipinski definition) is 2. The molecular formula is C32H34FN7O. The molecule has 0 aliphatic carbocycles. The average molecular weight is 552 g/mol. The van der Waals surface area contributed by atoms with Crippen LogP contribution in [0.3, 0.4) is 0 Å². The van der Waals surface area contributed by atoms with Crippen LogP contribution >= 0.6 is 0 Å². The third-order valence-electron chi connectivity index (χ3n) is 9.92. The van der Waals surface area contributed by atoms with Crippen LogP contribution in [0.2, 0.25) is 0 Å². The van der Waals surface area contributed by atoms with E-state index in [-0.39, 0.29) is 29.3 Å². The van der Waals surface area contributed by atoms with Gasteiger partial charge in [-0.15, -0.1) is 0 Å². The van der Waals surface area contributed by atoms with E-state index in [1.807, 2.05) is 36.5 Å². The molecule has 9 heteroatoms. The van der Waals surface area contributed by atoms with Crippen molar-refractivity contribution in [2.45, 2.75) is 62.6 Å². The average Bonchev–Trinajstić information content (AvgIpc) is 3.76. The third kappa shape index (κ3) is 4.07. The van der Waals surface area contributed by atoms with Crippen LogP contribution in [0.1, 0.15) is 44.1 Å². The number of rotatable bonds is 6. The van der Waals surface area contributed by atoms with Gasteiger partial charge in [0, 0.05) is 58.8 Å². The second kappa shape index (κ2) is 9.68. The fourth-order valence-corrected chi connectivity index (χ4v) is 7.97. The summed E-state index contributed by atoms with van der Waals surface area (Å²) in [5.74, 6) is 0.369. The normalized spacial score (nSPS) is 23.4. The summed E-state index contributed by atoms with van der Waals surface area (Å²) < 4.78 is 23.1. The number of benzene rings is 2.